The minimum absolute atomic E-state index is 0.0479. The van der Waals surface area contributed by atoms with Crippen molar-refractivity contribution in [2.24, 2.45) is 0 Å². The van der Waals surface area contributed by atoms with Crippen LogP contribution in [0, 0.1) is 6.92 Å². The summed E-state index contributed by atoms with van der Waals surface area (Å²) in [4.78, 5) is 19.5. The van der Waals surface area contributed by atoms with Gasteiger partial charge in [-0.3, -0.25) is 4.79 Å². The Bertz CT molecular complexity index is 648. The van der Waals surface area contributed by atoms with E-state index in [1.165, 1.54) is 28.6 Å². The van der Waals surface area contributed by atoms with Gasteiger partial charge < -0.3 is 9.47 Å². The Labute approximate surface area is 130 Å². The number of hydrogen-bond donors (Lipinski definition) is 0. The van der Waals surface area contributed by atoms with Crippen molar-refractivity contribution < 1.29 is 18.0 Å². The molecule has 0 N–H and O–H groups in total. The molecule has 0 aliphatic heterocycles. The molecule has 22 heavy (non-hydrogen) atoms. The third-order valence-electron chi connectivity index (χ3n) is 3.08. The average Bonchev–Trinajstić information content (AvgIpc) is 2.97. The van der Waals surface area contributed by atoms with Gasteiger partial charge in [-0.2, -0.15) is 13.2 Å². The van der Waals surface area contributed by atoms with Crippen LogP contribution in [0.4, 0.5) is 13.2 Å². The Morgan fingerprint density at radius 1 is 1.41 bits per heavy atom. The largest absolute Gasteiger partial charge is 0.406 e. The molecule has 2 aromatic heterocycles. The van der Waals surface area contributed by atoms with Crippen molar-refractivity contribution in [3.8, 4) is 0 Å². The van der Waals surface area contributed by atoms with Gasteiger partial charge in [0.05, 0.1) is 13.0 Å². The lowest BCUT2D eigenvalue weighted by Gasteiger charge is -2.18. The van der Waals surface area contributed by atoms with Gasteiger partial charge in [0.2, 0.25) is 5.91 Å². The van der Waals surface area contributed by atoms with E-state index in [1.807, 2.05) is 19.1 Å². The number of carbonyl (C=O) groups excluding carboxylic acids is 1. The van der Waals surface area contributed by atoms with E-state index < -0.39 is 12.7 Å². The van der Waals surface area contributed by atoms with Crippen LogP contribution in [0.15, 0.2) is 24.5 Å². The van der Waals surface area contributed by atoms with Crippen LogP contribution in [-0.2, 0) is 24.3 Å². The normalized spacial score (nSPS) is 11.7. The highest BCUT2D eigenvalue weighted by molar-refractivity contribution is 7.12. The van der Waals surface area contributed by atoms with Gasteiger partial charge in [-0.05, 0) is 19.1 Å². The number of rotatable bonds is 5. The van der Waals surface area contributed by atoms with Gasteiger partial charge in [0.25, 0.3) is 0 Å². The maximum atomic E-state index is 12.5. The van der Waals surface area contributed by atoms with Crippen LogP contribution in [0.25, 0.3) is 0 Å². The number of hydrogen-bond acceptors (Lipinski definition) is 3. The second-order valence-electron chi connectivity index (χ2n) is 5.03. The number of imidazole rings is 1. The lowest BCUT2D eigenvalue weighted by atomic mass is 10.3. The fourth-order valence-electron chi connectivity index (χ4n) is 1.99. The summed E-state index contributed by atoms with van der Waals surface area (Å²) >= 11 is 1.54. The zero-order valence-corrected chi connectivity index (χ0v) is 13.0. The molecule has 2 rings (SSSR count). The first-order valence-electron chi connectivity index (χ1n) is 6.60. The van der Waals surface area contributed by atoms with Crippen LogP contribution in [0.2, 0.25) is 0 Å². The molecule has 8 heteroatoms. The summed E-state index contributed by atoms with van der Waals surface area (Å²) in [6.07, 6.45) is -1.49. The molecule has 0 fully saturated rings. The van der Waals surface area contributed by atoms with E-state index in [2.05, 4.69) is 4.98 Å². The summed E-state index contributed by atoms with van der Waals surface area (Å²) in [5.41, 5.74) is 0. The minimum atomic E-state index is -4.31. The van der Waals surface area contributed by atoms with E-state index in [0.717, 1.165) is 14.3 Å². The van der Waals surface area contributed by atoms with Gasteiger partial charge in [0.1, 0.15) is 12.4 Å². The molecular formula is C14H16F3N3OS. The maximum absolute atomic E-state index is 12.5. The number of likely N-dealkylation sites (N-methyl/N-ethyl adjacent to an activating group) is 1. The quantitative estimate of drug-likeness (QED) is 0.845. The van der Waals surface area contributed by atoms with Gasteiger partial charge in [0, 0.05) is 29.2 Å². The number of carbonyl (C=O) groups is 1. The molecule has 0 saturated heterocycles. The summed E-state index contributed by atoms with van der Waals surface area (Å²) in [6.45, 7) is 0.900. The van der Waals surface area contributed by atoms with Crippen molar-refractivity contribution in [1.29, 1.82) is 0 Å². The van der Waals surface area contributed by atoms with Crippen LogP contribution in [-0.4, -0.2) is 33.6 Å². The van der Waals surface area contributed by atoms with Gasteiger partial charge >= 0.3 is 6.18 Å². The van der Waals surface area contributed by atoms with Crippen molar-refractivity contribution in [3.63, 3.8) is 0 Å². The molecule has 0 radical (unpaired) electrons. The van der Waals surface area contributed by atoms with Crippen molar-refractivity contribution >= 4 is 17.2 Å². The standard InChI is InChI=1S/C14H16F3N3OS/c1-10-3-4-11(22-10)7-13(21)19(2)8-12-18-5-6-20(12)9-14(15,16)17/h3-6H,7-9H2,1-2H3. The maximum Gasteiger partial charge on any atom is 0.406 e. The van der Waals surface area contributed by atoms with E-state index in [9.17, 15) is 18.0 Å². The highest BCUT2D eigenvalue weighted by atomic mass is 32.1. The highest BCUT2D eigenvalue weighted by Gasteiger charge is 2.29. The van der Waals surface area contributed by atoms with E-state index in [1.54, 1.807) is 7.05 Å². The molecule has 0 saturated carbocycles. The van der Waals surface area contributed by atoms with E-state index >= 15 is 0 Å². The zero-order chi connectivity index (χ0) is 16.3. The van der Waals surface area contributed by atoms with Crippen molar-refractivity contribution in [2.45, 2.75) is 32.6 Å². The van der Waals surface area contributed by atoms with Crippen LogP contribution >= 0.6 is 11.3 Å². The second kappa shape index (κ2) is 6.51. The Balaban J connectivity index is 1.98. The first-order chi connectivity index (χ1) is 10.2. The fraction of sp³-hybridized carbons (Fsp3) is 0.429. The Hall–Kier alpha value is -1.83. The Morgan fingerprint density at radius 2 is 2.14 bits per heavy atom. The molecule has 2 aromatic rings. The molecule has 0 atom stereocenters. The topological polar surface area (TPSA) is 38.1 Å². The molecule has 0 aliphatic rings. The molecule has 0 spiro atoms. The van der Waals surface area contributed by atoms with Crippen LogP contribution in [0.5, 0.6) is 0 Å². The van der Waals surface area contributed by atoms with E-state index in [-0.39, 0.29) is 24.7 Å². The summed E-state index contributed by atoms with van der Waals surface area (Å²) in [6, 6.07) is 3.82. The summed E-state index contributed by atoms with van der Waals surface area (Å²) in [5.74, 6) is 0.0685. The number of thiophene rings is 1. The first-order valence-corrected chi connectivity index (χ1v) is 7.42. The summed E-state index contributed by atoms with van der Waals surface area (Å²) in [5, 5.41) is 0. The third-order valence-corrected chi connectivity index (χ3v) is 4.08. The number of amides is 1. The Kier molecular flexibility index (Phi) is 4.90. The third kappa shape index (κ3) is 4.59. The second-order valence-corrected chi connectivity index (χ2v) is 6.40. The molecule has 4 nitrogen and oxygen atoms in total. The van der Waals surface area contributed by atoms with Crippen molar-refractivity contribution in [2.75, 3.05) is 7.05 Å². The van der Waals surface area contributed by atoms with Crippen molar-refractivity contribution in [1.82, 2.24) is 14.5 Å². The summed E-state index contributed by atoms with van der Waals surface area (Å²) < 4.78 is 38.4. The van der Waals surface area contributed by atoms with Gasteiger partial charge in [-0.15, -0.1) is 11.3 Å². The molecule has 0 aromatic carbocycles. The molecule has 0 aliphatic carbocycles. The predicted molar refractivity (Wildman–Crippen MR) is 77.5 cm³/mol. The zero-order valence-electron chi connectivity index (χ0n) is 12.2. The molecule has 0 unspecified atom stereocenters. The van der Waals surface area contributed by atoms with Gasteiger partial charge in [0.15, 0.2) is 0 Å². The van der Waals surface area contributed by atoms with Crippen LogP contribution in [0.1, 0.15) is 15.6 Å². The molecular weight excluding hydrogens is 315 g/mol. The van der Waals surface area contributed by atoms with E-state index in [0.29, 0.717) is 0 Å². The van der Waals surface area contributed by atoms with E-state index in [4.69, 9.17) is 0 Å². The van der Waals surface area contributed by atoms with Crippen LogP contribution < -0.4 is 0 Å². The fourth-order valence-corrected chi connectivity index (χ4v) is 2.87. The number of aryl methyl sites for hydroxylation is 1. The van der Waals surface area contributed by atoms with Gasteiger partial charge in [-0.1, -0.05) is 0 Å². The number of nitrogens with zero attached hydrogens (tertiary/aromatic N) is 3. The molecule has 120 valence electrons. The van der Waals surface area contributed by atoms with Crippen molar-refractivity contribution in [3.05, 3.63) is 40.1 Å². The molecule has 1 amide bonds. The lowest BCUT2D eigenvalue weighted by molar-refractivity contribution is -0.141. The van der Waals surface area contributed by atoms with Gasteiger partial charge in [-0.25, -0.2) is 4.98 Å². The average molecular weight is 331 g/mol. The highest BCUT2D eigenvalue weighted by Crippen LogP contribution is 2.19. The number of halogens is 3. The number of aromatic nitrogens is 2. The minimum Gasteiger partial charge on any atom is -0.338 e. The smallest absolute Gasteiger partial charge is 0.338 e. The SMILES string of the molecule is Cc1ccc(CC(=O)N(C)Cc2nccn2CC(F)(F)F)s1. The molecule has 2 heterocycles. The molecule has 0 bridgehead atoms. The number of alkyl halides is 3. The first kappa shape index (κ1) is 16.5. The monoisotopic (exact) mass is 331 g/mol. The predicted octanol–water partition coefficient (Wildman–Crippen LogP) is 3.02. The lowest BCUT2D eigenvalue weighted by Crippen LogP contribution is -2.30. The Morgan fingerprint density at radius 3 is 2.73 bits per heavy atom. The summed E-state index contributed by atoms with van der Waals surface area (Å²) in [7, 11) is 1.56. The van der Waals surface area contributed by atoms with Crippen LogP contribution in [0.3, 0.4) is 0 Å².